The summed E-state index contributed by atoms with van der Waals surface area (Å²) in [5.74, 6) is -0.228. The SMILES string of the molecule is CN(C)CCN(C)C(=O)C1(c2ccccc2F)CC1. The summed E-state index contributed by atoms with van der Waals surface area (Å²) in [5, 5.41) is 0. The largest absolute Gasteiger partial charge is 0.344 e. The summed E-state index contributed by atoms with van der Waals surface area (Å²) in [6.45, 7) is 1.48. The van der Waals surface area contributed by atoms with Crippen molar-refractivity contribution in [1.82, 2.24) is 9.80 Å². The van der Waals surface area contributed by atoms with Crippen molar-refractivity contribution >= 4 is 5.91 Å². The third-order valence-electron chi connectivity index (χ3n) is 3.78. The molecule has 1 aliphatic carbocycles. The molecule has 0 N–H and O–H groups in total. The first-order valence-electron chi connectivity index (χ1n) is 6.63. The Balaban J connectivity index is 2.12. The number of amides is 1. The maximum Gasteiger partial charge on any atom is 0.233 e. The van der Waals surface area contributed by atoms with E-state index in [1.54, 1.807) is 30.1 Å². The van der Waals surface area contributed by atoms with Gasteiger partial charge in [-0.2, -0.15) is 0 Å². The van der Waals surface area contributed by atoms with Crippen LogP contribution in [-0.2, 0) is 10.2 Å². The highest BCUT2D eigenvalue weighted by Crippen LogP contribution is 2.50. The van der Waals surface area contributed by atoms with Crippen LogP contribution in [-0.4, -0.2) is 49.9 Å². The second-order valence-electron chi connectivity index (χ2n) is 5.59. The molecular formula is C15H21FN2O. The highest BCUT2D eigenvalue weighted by Gasteiger charge is 2.53. The zero-order valence-electron chi connectivity index (χ0n) is 11.8. The number of halogens is 1. The number of carbonyl (C=O) groups is 1. The van der Waals surface area contributed by atoms with Crippen molar-refractivity contribution in [2.75, 3.05) is 34.2 Å². The predicted molar refractivity (Wildman–Crippen MR) is 73.5 cm³/mol. The summed E-state index contributed by atoms with van der Waals surface area (Å²) in [7, 11) is 5.75. The van der Waals surface area contributed by atoms with E-state index < -0.39 is 5.41 Å². The molecule has 0 heterocycles. The Kier molecular flexibility index (Phi) is 3.90. The minimum Gasteiger partial charge on any atom is -0.344 e. The first-order valence-corrected chi connectivity index (χ1v) is 6.63. The van der Waals surface area contributed by atoms with Crippen molar-refractivity contribution in [2.45, 2.75) is 18.3 Å². The van der Waals surface area contributed by atoms with Crippen molar-refractivity contribution in [3.05, 3.63) is 35.6 Å². The molecule has 0 spiro atoms. The maximum absolute atomic E-state index is 13.9. The molecule has 4 heteroatoms. The van der Waals surface area contributed by atoms with Gasteiger partial charge in [-0.25, -0.2) is 4.39 Å². The van der Waals surface area contributed by atoms with Crippen LogP contribution >= 0.6 is 0 Å². The molecule has 1 fully saturated rings. The first kappa shape index (κ1) is 14.0. The molecule has 0 atom stereocenters. The maximum atomic E-state index is 13.9. The number of benzene rings is 1. The Morgan fingerprint density at radius 2 is 1.84 bits per heavy atom. The number of hydrogen-bond acceptors (Lipinski definition) is 2. The minimum atomic E-state index is -0.605. The van der Waals surface area contributed by atoms with E-state index in [9.17, 15) is 9.18 Å². The third kappa shape index (κ3) is 2.78. The van der Waals surface area contributed by atoms with E-state index in [-0.39, 0.29) is 11.7 Å². The standard InChI is InChI=1S/C15H21FN2O/c1-17(2)10-11-18(3)14(19)15(8-9-15)12-6-4-5-7-13(12)16/h4-7H,8-11H2,1-3H3. The molecule has 104 valence electrons. The Bertz CT molecular complexity index is 469. The topological polar surface area (TPSA) is 23.6 Å². The van der Waals surface area contributed by atoms with Crippen LogP contribution < -0.4 is 0 Å². The Morgan fingerprint density at radius 1 is 1.21 bits per heavy atom. The first-order chi connectivity index (χ1) is 8.97. The van der Waals surface area contributed by atoms with Gasteiger partial charge in [0.1, 0.15) is 5.82 Å². The highest BCUT2D eigenvalue weighted by atomic mass is 19.1. The van der Waals surface area contributed by atoms with E-state index in [1.807, 2.05) is 19.0 Å². The van der Waals surface area contributed by atoms with Crippen LogP contribution in [0.15, 0.2) is 24.3 Å². The van der Waals surface area contributed by atoms with Crippen molar-refractivity contribution < 1.29 is 9.18 Å². The number of nitrogens with zero attached hydrogens (tertiary/aromatic N) is 2. The monoisotopic (exact) mass is 264 g/mol. The van der Waals surface area contributed by atoms with Crippen molar-refractivity contribution in [3.8, 4) is 0 Å². The number of hydrogen-bond donors (Lipinski definition) is 0. The van der Waals surface area contributed by atoms with Crippen LogP contribution in [0.2, 0.25) is 0 Å². The Labute approximate surface area is 114 Å². The molecule has 1 saturated carbocycles. The second-order valence-corrected chi connectivity index (χ2v) is 5.59. The van der Waals surface area contributed by atoms with Gasteiger partial charge in [0.15, 0.2) is 0 Å². The van der Waals surface area contributed by atoms with E-state index in [1.165, 1.54) is 6.07 Å². The van der Waals surface area contributed by atoms with Crippen LogP contribution in [0.25, 0.3) is 0 Å². The predicted octanol–water partition coefficient (Wildman–Crippen LogP) is 1.88. The van der Waals surface area contributed by atoms with Crippen LogP contribution in [0.1, 0.15) is 18.4 Å². The molecular weight excluding hydrogens is 243 g/mol. The van der Waals surface area contributed by atoms with Crippen molar-refractivity contribution in [3.63, 3.8) is 0 Å². The van der Waals surface area contributed by atoms with Crippen LogP contribution in [0.4, 0.5) is 4.39 Å². The zero-order chi connectivity index (χ0) is 14.0. The van der Waals surface area contributed by atoms with E-state index in [0.29, 0.717) is 12.1 Å². The molecule has 0 aliphatic heterocycles. The van der Waals surface area contributed by atoms with Crippen LogP contribution in [0.5, 0.6) is 0 Å². The molecule has 1 amide bonds. The Morgan fingerprint density at radius 3 is 2.37 bits per heavy atom. The van der Waals surface area contributed by atoms with Crippen molar-refractivity contribution in [2.24, 2.45) is 0 Å². The molecule has 0 radical (unpaired) electrons. The van der Waals surface area contributed by atoms with Gasteiger partial charge in [0.05, 0.1) is 5.41 Å². The summed E-state index contributed by atoms with van der Waals surface area (Å²) >= 11 is 0. The molecule has 1 aromatic rings. The lowest BCUT2D eigenvalue weighted by Gasteiger charge is -2.25. The van der Waals surface area contributed by atoms with E-state index in [2.05, 4.69) is 0 Å². The summed E-state index contributed by atoms with van der Waals surface area (Å²) < 4.78 is 13.9. The van der Waals surface area contributed by atoms with Gasteiger partial charge in [0.25, 0.3) is 0 Å². The van der Waals surface area contributed by atoms with Gasteiger partial charge in [0, 0.05) is 25.7 Å². The molecule has 0 aromatic heterocycles. The molecule has 2 rings (SSSR count). The number of likely N-dealkylation sites (N-methyl/N-ethyl adjacent to an activating group) is 2. The number of carbonyl (C=O) groups excluding carboxylic acids is 1. The van der Waals surface area contributed by atoms with Gasteiger partial charge >= 0.3 is 0 Å². The molecule has 19 heavy (non-hydrogen) atoms. The number of rotatable bonds is 5. The van der Waals surface area contributed by atoms with Gasteiger partial charge < -0.3 is 9.80 Å². The van der Waals surface area contributed by atoms with Gasteiger partial charge in [-0.1, -0.05) is 18.2 Å². The van der Waals surface area contributed by atoms with Crippen LogP contribution in [0, 0.1) is 5.82 Å². The fourth-order valence-corrected chi connectivity index (χ4v) is 2.39. The molecule has 0 unspecified atom stereocenters. The van der Waals surface area contributed by atoms with Gasteiger partial charge in [-0.15, -0.1) is 0 Å². The van der Waals surface area contributed by atoms with Crippen LogP contribution in [0.3, 0.4) is 0 Å². The molecule has 1 aromatic carbocycles. The lowest BCUT2D eigenvalue weighted by atomic mass is 9.94. The minimum absolute atomic E-state index is 0.0412. The third-order valence-corrected chi connectivity index (χ3v) is 3.78. The summed E-state index contributed by atoms with van der Waals surface area (Å²) in [4.78, 5) is 16.3. The normalized spacial score (nSPS) is 16.5. The fourth-order valence-electron chi connectivity index (χ4n) is 2.39. The fraction of sp³-hybridized carbons (Fsp3) is 0.533. The Hall–Kier alpha value is -1.42. The smallest absolute Gasteiger partial charge is 0.233 e. The quantitative estimate of drug-likeness (QED) is 0.810. The second kappa shape index (κ2) is 5.29. The van der Waals surface area contributed by atoms with Crippen molar-refractivity contribution in [1.29, 1.82) is 0 Å². The van der Waals surface area contributed by atoms with Gasteiger partial charge in [-0.3, -0.25) is 4.79 Å². The lowest BCUT2D eigenvalue weighted by molar-refractivity contribution is -0.132. The molecule has 1 aliphatic rings. The summed E-state index contributed by atoms with van der Waals surface area (Å²) in [6.07, 6.45) is 1.50. The van der Waals surface area contributed by atoms with Gasteiger partial charge in [0.2, 0.25) is 5.91 Å². The van der Waals surface area contributed by atoms with Gasteiger partial charge in [-0.05, 0) is 33.0 Å². The molecule has 3 nitrogen and oxygen atoms in total. The summed E-state index contributed by atoms with van der Waals surface area (Å²) in [5.41, 5.74) is -0.0523. The average Bonchev–Trinajstić information content (AvgIpc) is 3.17. The zero-order valence-corrected chi connectivity index (χ0v) is 11.8. The van der Waals surface area contributed by atoms with E-state index in [4.69, 9.17) is 0 Å². The summed E-state index contributed by atoms with van der Waals surface area (Å²) in [6, 6.07) is 6.63. The molecule has 0 saturated heterocycles. The average molecular weight is 264 g/mol. The highest BCUT2D eigenvalue weighted by molar-refractivity contribution is 5.91. The van der Waals surface area contributed by atoms with E-state index >= 15 is 0 Å². The molecule has 0 bridgehead atoms. The lowest BCUT2D eigenvalue weighted by Crippen LogP contribution is -2.40. The van der Waals surface area contributed by atoms with E-state index in [0.717, 1.165) is 19.4 Å².